The number of ether oxygens (including phenoxy) is 1. The van der Waals surface area contributed by atoms with Crippen LogP contribution in [0.2, 0.25) is 0 Å². The van der Waals surface area contributed by atoms with Gasteiger partial charge in [0.2, 0.25) is 6.23 Å². The zero-order chi connectivity index (χ0) is 23.1. The quantitative estimate of drug-likeness (QED) is 0.437. The van der Waals surface area contributed by atoms with Gasteiger partial charge in [0.25, 0.3) is 0 Å². The highest BCUT2D eigenvalue weighted by Gasteiger charge is 2.37. The van der Waals surface area contributed by atoms with Crippen molar-refractivity contribution in [1.29, 1.82) is 0 Å². The van der Waals surface area contributed by atoms with Crippen molar-refractivity contribution in [3.63, 3.8) is 0 Å². The monoisotopic (exact) mass is 439 g/mol. The lowest BCUT2D eigenvalue weighted by molar-refractivity contribution is -0.144. The molecule has 2 atom stereocenters. The van der Waals surface area contributed by atoms with Crippen LogP contribution in [-0.4, -0.2) is 41.4 Å². The number of benzene rings is 2. The van der Waals surface area contributed by atoms with E-state index in [2.05, 4.69) is 16.4 Å². The first-order valence-corrected chi connectivity index (χ1v) is 10.5. The molecule has 3 rings (SSSR count). The molecule has 2 unspecified atom stereocenters. The molecule has 1 heterocycles. The van der Waals surface area contributed by atoms with Crippen LogP contribution in [0.1, 0.15) is 43.7 Å². The summed E-state index contributed by atoms with van der Waals surface area (Å²) in [6, 6.07) is 15.5. The Morgan fingerprint density at radius 3 is 2.66 bits per heavy atom. The fourth-order valence-electron chi connectivity index (χ4n) is 3.35. The molecule has 1 aliphatic rings. The average Bonchev–Trinajstić information content (AvgIpc) is 3.31. The molecule has 2 aromatic carbocycles. The first-order chi connectivity index (χ1) is 15.3. The van der Waals surface area contributed by atoms with E-state index in [4.69, 9.17) is 14.4 Å². The number of nitrogens with zero attached hydrogens (tertiary/aromatic N) is 3. The summed E-state index contributed by atoms with van der Waals surface area (Å²) in [7, 11) is 0. The van der Waals surface area contributed by atoms with Gasteiger partial charge in [-0.15, -0.1) is 0 Å². The number of oxime groups is 2. The van der Waals surface area contributed by atoms with Gasteiger partial charge in [0.1, 0.15) is 24.1 Å². The van der Waals surface area contributed by atoms with Gasteiger partial charge in [-0.2, -0.15) is 0 Å². The normalized spacial score (nSPS) is 16.2. The van der Waals surface area contributed by atoms with Gasteiger partial charge in [0.05, 0.1) is 5.71 Å². The number of carbonyl (C=O) groups is 1. The fraction of sp³-hybridized carbons (Fsp3) is 0.375. The van der Waals surface area contributed by atoms with E-state index in [-0.39, 0.29) is 6.42 Å². The third kappa shape index (κ3) is 5.38. The number of carboxylic acids is 1. The number of aliphatic carboxylic acids is 1. The van der Waals surface area contributed by atoms with Crippen LogP contribution in [0.3, 0.4) is 0 Å². The molecule has 32 heavy (non-hydrogen) atoms. The first-order valence-electron chi connectivity index (χ1n) is 10.5. The molecule has 8 heteroatoms. The van der Waals surface area contributed by atoms with Crippen LogP contribution >= 0.6 is 0 Å². The second kappa shape index (κ2) is 10.2. The molecule has 1 aliphatic heterocycles. The minimum Gasteiger partial charge on any atom is -0.481 e. The Labute approximate surface area is 188 Å². The smallest absolute Gasteiger partial charge is 0.315 e. The van der Waals surface area contributed by atoms with E-state index >= 15 is 0 Å². The average molecular weight is 440 g/mol. The number of carboxylic acid groups (broad SMARTS) is 1. The maximum atomic E-state index is 12.0. The molecule has 170 valence electrons. The number of rotatable bonds is 10. The topological polar surface area (TPSA) is 93.0 Å². The molecule has 0 spiro atoms. The minimum absolute atomic E-state index is 0.277. The van der Waals surface area contributed by atoms with Gasteiger partial charge >= 0.3 is 5.97 Å². The molecule has 1 N–H and O–H groups in total. The summed E-state index contributed by atoms with van der Waals surface area (Å²) in [6.07, 6.45) is 1.48. The fourth-order valence-corrected chi connectivity index (χ4v) is 3.35. The molecule has 0 bridgehead atoms. The zero-order valence-corrected chi connectivity index (χ0v) is 18.8. The lowest BCUT2D eigenvalue weighted by atomic mass is 9.80. The number of hydrogen-bond donors (Lipinski definition) is 1. The van der Waals surface area contributed by atoms with Crippen molar-refractivity contribution in [2.75, 3.05) is 13.3 Å². The largest absolute Gasteiger partial charge is 0.481 e. The highest BCUT2D eigenvalue weighted by Crippen LogP contribution is 2.29. The molecule has 0 aromatic heterocycles. The summed E-state index contributed by atoms with van der Waals surface area (Å²) in [4.78, 5) is 24.0. The van der Waals surface area contributed by atoms with Crippen molar-refractivity contribution in [2.24, 2.45) is 15.7 Å². The Kier molecular flexibility index (Phi) is 7.35. The molecular formula is C24H29N3O5. The summed E-state index contributed by atoms with van der Waals surface area (Å²) < 4.78 is 6.27. The van der Waals surface area contributed by atoms with Crippen LogP contribution < -0.4 is 4.74 Å². The Hall–Kier alpha value is -3.55. The van der Waals surface area contributed by atoms with Crippen LogP contribution in [0.25, 0.3) is 0 Å². The Morgan fingerprint density at radius 1 is 1.31 bits per heavy atom. The molecule has 0 amide bonds. The molecular weight excluding hydrogens is 410 g/mol. The molecule has 0 fully saturated rings. The molecule has 0 saturated heterocycles. The van der Waals surface area contributed by atoms with Crippen LogP contribution in [-0.2, 0) is 20.9 Å². The maximum absolute atomic E-state index is 12.0. The van der Waals surface area contributed by atoms with Crippen molar-refractivity contribution in [3.05, 3.63) is 65.2 Å². The zero-order valence-electron chi connectivity index (χ0n) is 18.8. The number of hydrogen-bond acceptors (Lipinski definition) is 7. The summed E-state index contributed by atoms with van der Waals surface area (Å²) in [5.74, 6) is -0.302. The van der Waals surface area contributed by atoms with Crippen molar-refractivity contribution in [2.45, 2.75) is 40.3 Å². The van der Waals surface area contributed by atoms with E-state index in [0.29, 0.717) is 24.8 Å². The molecule has 0 aliphatic carbocycles. The SMILES string of the molecule is CCO/N=C(\C)C(C)(Cc1ccc(OC(c2cccc(C)c2)N2C=NOC2)cc1)C(=O)O. The minimum atomic E-state index is -1.18. The van der Waals surface area contributed by atoms with Gasteiger partial charge < -0.3 is 19.5 Å². The molecule has 2 aromatic rings. The number of aryl methyl sites for hydroxylation is 1. The van der Waals surface area contributed by atoms with E-state index < -0.39 is 17.6 Å². The van der Waals surface area contributed by atoms with Crippen molar-refractivity contribution in [1.82, 2.24) is 4.90 Å². The molecule has 8 nitrogen and oxygen atoms in total. The van der Waals surface area contributed by atoms with Gasteiger partial charge in [-0.3, -0.25) is 9.69 Å². The highest BCUT2D eigenvalue weighted by molar-refractivity contribution is 6.04. The third-order valence-corrected chi connectivity index (χ3v) is 5.44. The van der Waals surface area contributed by atoms with Crippen molar-refractivity contribution < 1.29 is 24.3 Å². The molecule has 0 saturated carbocycles. The summed E-state index contributed by atoms with van der Waals surface area (Å²) >= 11 is 0. The van der Waals surface area contributed by atoms with Gasteiger partial charge in [0.15, 0.2) is 6.73 Å². The van der Waals surface area contributed by atoms with E-state index in [0.717, 1.165) is 16.7 Å². The Bertz CT molecular complexity index is 989. The predicted octanol–water partition coefficient (Wildman–Crippen LogP) is 4.35. The van der Waals surface area contributed by atoms with E-state index in [1.54, 1.807) is 27.1 Å². The standard InChI is InChI=1S/C24H29N3O5/c1-5-30-26-18(3)24(4,23(28)29)14-19-9-11-21(12-10-19)32-22(27-15-25-31-16-27)20-8-6-7-17(2)13-20/h6-13,15,22H,5,14,16H2,1-4H3,(H,28,29)/b26-18+. The Balaban J connectivity index is 1.79. The summed E-state index contributed by atoms with van der Waals surface area (Å²) in [6.45, 7) is 7.84. The lowest BCUT2D eigenvalue weighted by Crippen LogP contribution is -2.37. The van der Waals surface area contributed by atoms with Crippen molar-refractivity contribution >= 4 is 18.0 Å². The summed E-state index contributed by atoms with van der Waals surface area (Å²) in [5.41, 5.74) is 2.20. The lowest BCUT2D eigenvalue weighted by Gasteiger charge is -2.27. The predicted molar refractivity (Wildman–Crippen MR) is 121 cm³/mol. The van der Waals surface area contributed by atoms with Gasteiger partial charge in [0, 0.05) is 5.56 Å². The second-order valence-corrected chi connectivity index (χ2v) is 7.93. The highest BCUT2D eigenvalue weighted by atomic mass is 16.7. The third-order valence-electron chi connectivity index (χ3n) is 5.44. The van der Waals surface area contributed by atoms with Gasteiger partial charge in [-0.05, 0) is 51.8 Å². The molecule has 0 radical (unpaired) electrons. The van der Waals surface area contributed by atoms with E-state index in [1.165, 1.54) is 0 Å². The van der Waals surface area contributed by atoms with Crippen molar-refractivity contribution in [3.8, 4) is 5.75 Å². The summed E-state index contributed by atoms with van der Waals surface area (Å²) in [5, 5.41) is 17.6. The van der Waals surface area contributed by atoms with E-state index in [1.807, 2.05) is 54.3 Å². The van der Waals surface area contributed by atoms with Crippen LogP contribution in [0.5, 0.6) is 5.75 Å². The van der Waals surface area contributed by atoms with Gasteiger partial charge in [-0.25, -0.2) is 0 Å². The van der Waals surface area contributed by atoms with Crippen LogP contribution in [0, 0.1) is 12.3 Å². The maximum Gasteiger partial charge on any atom is 0.315 e. The van der Waals surface area contributed by atoms with Crippen LogP contribution in [0.15, 0.2) is 58.8 Å². The first kappa shape index (κ1) is 23.1. The Morgan fingerprint density at radius 2 is 2.06 bits per heavy atom. The van der Waals surface area contributed by atoms with Crippen LogP contribution in [0.4, 0.5) is 0 Å². The van der Waals surface area contributed by atoms with Gasteiger partial charge in [-0.1, -0.05) is 52.3 Å². The second-order valence-electron chi connectivity index (χ2n) is 7.93. The van der Waals surface area contributed by atoms with E-state index in [9.17, 15) is 9.90 Å².